The molecule has 0 saturated carbocycles. The Hall–Kier alpha value is -4.25. The van der Waals surface area contributed by atoms with E-state index in [0.29, 0.717) is 61.1 Å². The Morgan fingerprint density at radius 1 is 0.957 bits per heavy atom. The lowest BCUT2D eigenvalue weighted by molar-refractivity contribution is 0.0526. The van der Waals surface area contributed by atoms with Crippen LogP contribution in [0.4, 0.5) is 16.2 Å². The summed E-state index contributed by atoms with van der Waals surface area (Å²) < 4.78 is 23.0. The summed E-state index contributed by atoms with van der Waals surface area (Å²) in [6, 6.07) is 11.0. The van der Waals surface area contributed by atoms with Gasteiger partial charge in [0.1, 0.15) is 11.3 Å². The minimum Gasteiger partial charge on any atom is -0.493 e. The summed E-state index contributed by atoms with van der Waals surface area (Å²) in [6.45, 7) is 11.9. The van der Waals surface area contributed by atoms with Gasteiger partial charge in [-0.15, -0.1) is 0 Å². The highest BCUT2D eigenvalue weighted by atomic mass is 16.5. The van der Waals surface area contributed by atoms with Crippen molar-refractivity contribution in [1.82, 2.24) is 14.8 Å². The first-order valence-corrected chi connectivity index (χ1v) is 16.5. The van der Waals surface area contributed by atoms with E-state index in [1.165, 1.54) is 19.3 Å². The Kier molecular flexibility index (Phi) is 11.4. The number of hydrogen-bond acceptors (Lipinski definition) is 9. The van der Waals surface area contributed by atoms with Crippen molar-refractivity contribution in [3.8, 4) is 17.2 Å². The fraction of sp³-hybridized carbons (Fsp3) is 0.514. The number of pyridine rings is 1. The number of piperidine rings is 1. The first-order valence-electron chi connectivity index (χ1n) is 16.5. The lowest BCUT2D eigenvalue weighted by atomic mass is 10.1. The predicted molar refractivity (Wildman–Crippen MR) is 180 cm³/mol. The number of rotatable bonds is 12. The molecular weight excluding hydrogens is 586 g/mol. The van der Waals surface area contributed by atoms with Crippen LogP contribution in [0.2, 0.25) is 0 Å². The van der Waals surface area contributed by atoms with Crippen LogP contribution in [0.25, 0.3) is 10.9 Å². The van der Waals surface area contributed by atoms with E-state index in [9.17, 15) is 9.59 Å². The molecule has 0 spiro atoms. The van der Waals surface area contributed by atoms with Crippen LogP contribution in [0.5, 0.6) is 17.2 Å². The van der Waals surface area contributed by atoms with Crippen LogP contribution in [0.3, 0.4) is 0 Å². The third-order valence-electron chi connectivity index (χ3n) is 8.31. The number of fused-ring (bicyclic) bond motifs is 1. The smallest absolute Gasteiger partial charge is 0.341 e. The average Bonchev–Trinajstić information content (AvgIpc) is 3.07. The van der Waals surface area contributed by atoms with Gasteiger partial charge in [-0.05, 0) is 83.5 Å². The standard InChI is InChI=1S/C35H47N5O6/c1-5-44-34(41)29-24-36-30-23-32(45-21-9-16-38-14-7-6-8-15-38)31(43-4)22-28(30)33(29)39-17-19-40(20-18-39)35(42)37-26-10-12-27(13-11-26)46-25(2)3/h10-13,22-25H,5-9,14-21H2,1-4H3,(H,37,42). The van der Waals surface area contributed by atoms with Gasteiger partial charge in [-0.1, -0.05) is 6.42 Å². The summed E-state index contributed by atoms with van der Waals surface area (Å²) in [5.74, 6) is 1.53. The quantitative estimate of drug-likeness (QED) is 0.195. The number of carbonyl (C=O) groups excluding carboxylic acids is 2. The molecule has 2 aliphatic rings. The molecule has 0 bridgehead atoms. The van der Waals surface area contributed by atoms with Gasteiger partial charge in [0, 0.05) is 56.1 Å². The first-order chi connectivity index (χ1) is 22.4. The molecule has 0 radical (unpaired) electrons. The fourth-order valence-corrected chi connectivity index (χ4v) is 6.04. The minimum absolute atomic E-state index is 0.0780. The number of benzene rings is 2. The maximum Gasteiger partial charge on any atom is 0.341 e. The Labute approximate surface area is 271 Å². The lowest BCUT2D eigenvalue weighted by Crippen LogP contribution is -2.50. The van der Waals surface area contributed by atoms with E-state index in [1.54, 1.807) is 25.1 Å². The van der Waals surface area contributed by atoms with Gasteiger partial charge in [-0.25, -0.2) is 9.59 Å². The van der Waals surface area contributed by atoms with E-state index in [-0.39, 0.29) is 18.7 Å². The molecule has 2 aromatic carbocycles. The number of ether oxygens (including phenoxy) is 4. The molecule has 11 heteroatoms. The number of likely N-dealkylation sites (tertiary alicyclic amines) is 1. The number of carbonyl (C=O) groups is 2. The number of nitrogens with one attached hydrogen (secondary N) is 1. The van der Waals surface area contributed by atoms with Crippen molar-refractivity contribution < 1.29 is 28.5 Å². The van der Waals surface area contributed by atoms with Crippen molar-refractivity contribution in [2.45, 2.75) is 52.6 Å². The van der Waals surface area contributed by atoms with Gasteiger partial charge in [-0.3, -0.25) is 4.98 Å². The zero-order valence-corrected chi connectivity index (χ0v) is 27.5. The molecule has 248 valence electrons. The molecule has 2 fully saturated rings. The van der Waals surface area contributed by atoms with Crippen LogP contribution in [-0.2, 0) is 4.74 Å². The van der Waals surface area contributed by atoms with Crippen molar-refractivity contribution >= 4 is 34.3 Å². The number of piperazine rings is 1. The second-order valence-corrected chi connectivity index (χ2v) is 12.0. The van der Waals surface area contributed by atoms with E-state index < -0.39 is 5.97 Å². The third kappa shape index (κ3) is 8.31. The molecule has 0 aliphatic carbocycles. The Morgan fingerprint density at radius 3 is 2.37 bits per heavy atom. The molecular formula is C35H47N5O6. The zero-order valence-electron chi connectivity index (χ0n) is 27.5. The lowest BCUT2D eigenvalue weighted by Gasteiger charge is -2.37. The molecule has 3 aromatic rings. The van der Waals surface area contributed by atoms with Crippen molar-refractivity contribution in [1.29, 1.82) is 0 Å². The predicted octanol–water partition coefficient (Wildman–Crippen LogP) is 5.82. The van der Waals surface area contributed by atoms with Crippen LogP contribution < -0.4 is 24.4 Å². The summed E-state index contributed by atoms with van der Waals surface area (Å²) in [4.78, 5) is 37.2. The van der Waals surface area contributed by atoms with Gasteiger partial charge >= 0.3 is 12.0 Å². The van der Waals surface area contributed by atoms with E-state index >= 15 is 0 Å². The molecule has 5 rings (SSSR count). The number of urea groups is 1. The molecule has 0 atom stereocenters. The molecule has 2 saturated heterocycles. The second-order valence-electron chi connectivity index (χ2n) is 12.0. The SMILES string of the molecule is CCOC(=O)c1cnc2cc(OCCCN3CCCCC3)c(OC)cc2c1N1CCN(C(=O)Nc2ccc(OC(C)C)cc2)CC1. The molecule has 0 unspecified atom stereocenters. The topological polar surface area (TPSA) is 106 Å². The fourth-order valence-electron chi connectivity index (χ4n) is 6.04. The number of esters is 1. The molecule has 46 heavy (non-hydrogen) atoms. The van der Waals surface area contributed by atoms with E-state index in [2.05, 4.69) is 20.1 Å². The van der Waals surface area contributed by atoms with Crippen molar-refractivity contribution in [2.75, 3.05) is 76.4 Å². The van der Waals surface area contributed by atoms with E-state index in [1.807, 2.05) is 50.2 Å². The average molecular weight is 634 g/mol. The maximum atomic E-state index is 13.1. The van der Waals surface area contributed by atoms with Crippen LogP contribution in [0.1, 0.15) is 56.8 Å². The second kappa shape index (κ2) is 15.8. The van der Waals surface area contributed by atoms with Crippen molar-refractivity contribution in [3.05, 3.63) is 48.2 Å². The van der Waals surface area contributed by atoms with Crippen molar-refractivity contribution in [3.63, 3.8) is 0 Å². The normalized spacial score (nSPS) is 15.6. The van der Waals surface area contributed by atoms with Gasteiger partial charge in [0.2, 0.25) is 0 Å². The largest absolute Gasteiger partial charge is 0.493 e. The summed E-state index contributed by atoms with van der Waals surface area (Å²) in [5, 5.41) is 3.75. The number of anilines is 2. The maximum absolute atomic E-state index is 13.1. The highest BCUT2D eigenvalue weighted by Crippen LogP contribution is 2.38. The molecule has 1 N–H and O–H groups in total. The Bertz CT molecular complexity index is 1470. The molecule has 2 amide bonds. The molecule has 2 aliphatic heterocycles. The Balaban J connectivity index is 1.30. The minimum atomic E-state index is -0.436. The summed E-state index contributed by atoms with van der Waals surface area (Å²) >= 11 is 0. The van der Waals surface area contributed by atoms with E-state index in [0.717, 1.165) is 42.9 Å². The van der Waals surface area contributed by atoms with E-state index in [4.69, 9.17) is 18.9 Å². The van der Waals surface area contributed by atoms with Gasteiger partial charge < -0.3 is 39.0 Å². The van der Waals surface area contributed by atoms with Crippen LogP contribution in [-0.4, -0.2) is 99.0 Å². The molecule has 11 nitrogen and oxygen atoms in total. The number of aromatic nitrogens is 1. The summed E-state index contributed by atoms with van der Waals surface area (Å²) in [6.07, 6.45) is 6.45. The first kappa shape index (κ1) is 33.1. The number of nitrogens with zero attached hydrogens (tertiary/aromatic N) is 4. The third-order valence-corrected chi connectivity index (χ3v) is 8.31. The highest BCUT2D eigenvalue weighted by molar-refractivity contribution is 6.06. The molecule has 1 aromatic heterocycles. The van der Waals surface area contributed by atoms with Crippen molar-refractivity contribution in [2.24, 2.45) is 0 Å². The van der Waals surface area contributed by atoms with Gasteiger partial charge in [0.05, 0.1) is 37.6 Å². The monoisotopic (exact) mass is 633 g/mol. The zero-order chi connectivity index (χ0) is 32.5. The van der Waals surface area contributed by atoms with Gasteiger partial charge in [0.15, 0.2) is 11.5 Å². The number of amides is 2. The van der Waals surface area contributed by atoms with Crippen LogP contribution in [0, 0.1) is 0 Å². The summed E-state index contributed by atoms with van der Waals surface area (Å²) in [7, 11) is 1.62. The highest BCUT2D eigenvalue weighted by Gasteiger charge is 2.28. The molecule has 3 heterocycles. The summed E-state index contributed by atoms with van der Waals surface area (Å²) in [5.41, 5.74) is 2.50. The Morgan fingerprint density at radius 2 is 1.70 bits per heavy atom. The van der Waals surface area contributed by atoms with Crippen LogP contribution in [0.15, 0.2) is 42.6 Å². The van der Waals surface area contributed by atoms with Gasteiger partial charge in [0.25, 0.3) is 0 Å². The number of hydrogen-bond donors (Lipinski definition) is 1. The van der Waals surface area contributed by atoms with Gasteiger partial charge in [-0.2, -0.15) is 0 Å². The number of methoxy groups -OCH3 is 1. The van der Waals surface area contributed by atoms with Crippen LogP contribution >= 0.6 is 0 Å².